The fourth-order valence-corrected chi connectivity index (χ4v) is 11.0. The highest BCUT2D eigenvalue weighted by Gasteiger charge is 2.28. The average Bonchev–Trinajstić information content (AvgIpc) is 3.00. The normalized spacial score (nSPS) is 11.5. The van der Waals surface area contributed by atoms with Crippen LogP contribution in [-0.2, 0) is 10.8 Å². The highest BCUT2D eigenvalue weighted by Crippen LogP contribution is 2.44. The first kappa shape index (κ1) is 52.6. The fraction of sp³-hybridized carbons (Fsp3) is 0.105. The second-order valence-corrected chi connectivity index (χ2v) is 22.8. The van der Waals surface area contributed by atoms with E-state index in [0.717, 1.165) is 102 Å². The predicted molar refractivity (Wildman–Crippen MR) is 347 cm³/mol. The van der Waals surface area contributed by atoms with Gasteiger partial charge < -0.3 is 19.6 Å². The molecular weight excluding hydrogens is 997 g/mol. The molecule has 0 saturated heterocycles. The highest BCUT2D eigenvalue weighted by atomic mass is 15.2. The number of para-hydroxylation sites is 6. The molecule has 12 rings (SSSR count). The van der Waals surface area contributed by atoms with Crippen molar-refractivity contribution in [2.24, 2.45) is 0 Å². The first-order valence-corrected chi connectivity index (χ1v) is 28.2. The van der Waals surface area contributed by atoms with Gasteiger partial charge in [-0.15, -0.1) is 0 Å². The van der Waals surface area contributed by atoms with Gasteiger partial charge in [0, 0.05) is 79.4 Å². The van der Waals surface area contributed by atoms with Crippen molar-refractivity contribution in [3.05, 3.63) is 302 Å². The summed E-state index contributed by atoms with van der Waals surface area (Å²) in [5, 5.41) is 0. The molecule has 0 unspecified atom stereocenters. The Bertz CT molecular complexity index is 3700. The van der Waals surface area contributed by atoms with Crippen LogP contribution in [0.1, 0.15) is 52.7 Å². The Kier molecular flexibility index (Phi) is 14.5. The van der Waals surface area contributed by atoms with Crippen molar-refractivity contribution in [2.45, 2.75) is 52.4 Å². The Hall–Kier alpha value is -10.0. The minimum Gasteiger partial charge on any atom is -0.311 e. The molecule has 0 spiro atoms. The summed E-state index contributed by atoms with van der Waals surface area (Å²) < 4.78 is 0. The number of hydrogen-bond donors (Lipinski definition) is 0. The van der Waals surface area contributed by atoms with Crippen LogP contribution in [-0.4, -0.2) is 9.97 Å². The van der Waals surface area contributed by atoms with Crippen LogP contribution in [0.5, 0.6) is 0 Å². The summed E-state index contributed by atoms with van der Waals surface area (Å²) in [5.41, 5.74) is 20.2. The lowest BCUT2D eigenvalue weighted by Crippen LogP contribution is -2.18. The van der Waals surface area contributed by atoms with Crippen molar-refractivity contribution in [1.82, 2.24) is 9.97 Å². The molecule has 1 aromatic heterocycles. The number of benzene rings is 11. The van der Waals surface area contributed by atoms with E-state index in [1.807, 2.05) is 0 Å². The quantitative estimate of drug-likeness (QED) is 0.108. The zero-order valence-electron chi connectivity index (χ0n) is 47.4. The third kappa shape index (κ3) is 10.9. The molecule has 0 saturated carbocycles. The van der Waals surface area contributed by atoms with Crippen LogP contribution in [0.4, 0.5) is 68.2 Å². The van der Waals surface area contributed by atoms with E-state index in [9.17, 15) is 0 Å². The second kappa shape index (κ2) is 22.6. The number of hydrogen-bond acceptors (Lipinski definition) is 6. The molecule has 82 heavy (non-hydrogen) atoms. The molecule has 400 valence electrons. The Morgan fingerprint density at radius 3 is 0.561 bits per heavy atom. The topological polar surface area (TPSA) is 38.7 Å². The Balaban J connectivity index is 0.949. The van der Waals surface area contributed by atoms with E-state index in [-0.39, 0.29) is 10.8 Å². The summed E-state index contributed by atoms with van der Waals surface area (Å²) in [6, 6.07) is 103. The molecule has 0 amide bonds. The van der Waals surface area contributed by atoms with Crippen molar-refractivity contribution in [2.75, 3.05) is 19.6 Å². The van der Waals surface area contributed by atoms with E-state index in [1.54, 1.807) is 0 Å². The van der Waals surface area contributed by atoms with Crippen LogP contribution in [0.25, 0.3) is 33.5 Å². The molecule has 11 aromatic carbocycles. The standard InChI is InChI=1S/C76H66N6/c1-75(2,3)69-53-54-70(76(4,5)6)74-73(69)77-71(55-37-41-63(42-38-55)81(61-33-21-11-22-34-61)67-49-45-65(46-50-67)79(57-25-13-7-14-26-57)58-27-15-8-16-28-58)72(78-74)56-39-43-64(44-40-56)82(62-35-23-12-24-36-62)68-51-47-66(48-52-68)80(59-29-17-9-18-30-59)60-31-19-10-20-32-60/h7-54H,1-6H3. The molecule has 12 aromatic rings. The van der Waals surface area contributed by atoms with Crippen LogP contribution in [0.2, 0.25) is 0 Å². The highest BCUT2D eigenvalue weighted by molar-refractivity contribution is 5.92. The van der Waals surface area contributed by atoms with E-state index in [4.69, 9.17) is 9.97 Å². The van der Waals surface area contributed by atoms with Crippen LogP contribution >= 0.6 is 0 Å². The molecule has 0 fully saturated rings. The zero-order valence-corrected chi connectivity index (χ0v) is 47.4. The van der Waals surface area contributed by atoms with Gasteiger partial charge in [0.1, 0.15) is 0 Å². The molecule has 6 nitrogen and oxygen atoms in total. The summed E-state index contributed by atoms with van der Waals surface area (Å²) in [6.45, 7) is 13.6. The number of rotatable bonds is 14. The maximum atomic E-state index is 5.75. The van der Waals surface area contributed by atoms with Crippen LogP contribution in [0.3, 0.4) is 0 Å². The lowest BCUT2D eigenvalue weighted by Gasteiger charge is -2.28. The van der Waals surface area contributed by atoms with Crippen molar-refractivity contribution in [1.29, 1.82) is 0 Å². The van der Waals surface area contributed by atoms with E-state index < -0.39 is 0 Å². The summed E-state index contributed by atoms with van der Waals surface area (Å²) in [7, 11) is 0. The van der Waals surface area contributed by atoms with Crippen LogP contribution in [0, 0.1) is 0 Å². The van der Waals surface area contributed by atoms with Gasteiger partial charge in [-0.2, -0.15) is 0 Å². The van der Waals surface area contributed by atoms with Gasteiger partial charge >= 0.3 is 0 Å². The predicted octanol–water partition coefficient (Wildman–Crippen LogP) is 21.4. The summed E-state index contributed by atoms with van der Waals surface area (Å²) in [5.74, 6) is 0. The van der Waals surface area contributed by atoms with Crippen molar-refractivity contribution in [3.8, 4) is 22.5 Å². The minimum atomic E-state index is -0.181. The van der Waals surface area contributed by atoms with Gasteiger partial charge in [-0.05, 0) is 168 Å². The van der Waals surface area contributed by atoms with Gasteiger partial charge in [-0.25, -0.2) is 9.97 Å². The fourth-order valence-electron chi connectivity index (χ4n) is 11.0. The van der Waals surface area contributed by atoms with Crippen molar-refractivity contribution in [3.63, 3.8) is 0 Å². The maximum absolute atomic E-state index is 5.75. The SMILES string of the molecule is CC(C)(C)c1ccc(C(C)(C)C)c2nc(-c3ccc(N(c4ccccc4)c4ccc(N(c5ccccc5)c5ccccc5)cc4)cc3)c(-c3ccc(N(c4ccccc4)c4ccc(N(c5ccccc5)c5ccccc5)cc4)cc3)nc12. The van der Waals surface area contributed by atoms with Gasteiger partial charge in [0.2, 0.25) is 0 Å². The molecule has 0 atom stereocenters. The summed E-state index contributed by atoms with van der Waals surface area (Å²) >= 11 is 0. The number of anilines is 12. The van der Waals surface area contributed by atoms with Gasteiger partial charge in [0.25, 0.3) is 0 Å². The molecule has 1 heterocycles. The monoisotopic (exact) mass is 1060 g/mol. The number of aromatic nitrogens is 2. The third-order valence-corrected chi connectivity index (χ3v) is 15.1. The first-order valence-electron chi connectivity index (χ1n) is 28.2. The third-order valence-electron chi connectivity index (χ3n) is 15.1. The first-order chi connectivity index (χ1) is 40.0. The molecule has 0 aliphatic heterocycles. The Morgan fingerprint density at radius 2 is 0.378 bits per heavy atom. The van der Waals surface area contributed by atoms with Gasteiger partial charge in [-0.1, -0.05) is 187 Å². The average molecular weight is 1060 g/mol. The van der Waals surface area contributed by atoms with E-state index in [1.165, 1.54) is 11.1 Å². The summed E-state index contributed by atoms with van der Waals surface area (Å²) in [4.78, 5) is 20.7. The van der Waals surface area contributed by atoms with Crippen LogP contribution in [0.15, 0.2) is 291 Å². The lowest BCUT2D eigenvalue weighted by molar-refractivity contribution is 0.583. The largest absolute Gasteiger partial charge is 0.311 e. The second-order valence-electron chi connectivity index (χ2n) is 22.8. The van der Waals surface area contributed by atoms with E-state index in [2.05, 4.69) is 352 Å². The molecule has 0 aliphatic carbocycles. The zero-order chi connectivity index (χ0) is 56.2. The maximum Gasteiger partial charge on any atom is 0.0973 e. The minimum absolute atomic E-state index is 0.181. The molecule has 0 aliphatic rings. The Morgan fingerprint density at radius 1 is 0.207 bits per heavy atom. The van der Waals surface area contributed by atoms with Crippen molar-refractivity contribution < 1.29 is 0 Å². The van der Waals surface area contributed by atoms with Gasteiger partial charge in [-0.3, -0.25) is 0 Å². The van der Waals surface area contributed by atoms with Gasteiger partial charge in [0.05, 0.1) is 22.4 Å². The van der Waals surface area contributed by atoms with E-state index in [0.29, 0.717) is 0 Å². The lowest BCUT2D eigenvalue weighted by atomic mass is 9.80. The number of nitrogens with zero attached hydrogens (tertiary/aromatic N) is 6. The van der Waals surface area contributed by atoms with E-state index >= 15 is 0 Å². The van der Waals surface area contributed by atoms with Crippen molar-refractivity contribution >= 4 is 79.3 Å². The van der Waals surface area contributed by atoms with Crippen LogP contribution < -0.4 is 19.6 Å². The molecular formula is C76H66N6. The van der Waals surface area contributed by atoms with Gasteiger partial charge in [0.15, 0.2) is 0 Å². The number of fused-ring (bicyclic) bond motifs is 1. The molecule has 0 bridgehead atoms. The smallest absolute Gasteiger partial charge is 0.0973 e. The molecule has 0 N–H and O–H groups in total. The molecule has 0 radical (unpaired) electrons. The summed E-state index contributed by atoms with van der Waals surface area (Å²) in [6.07, 6.45) is 0. The Labute approximate surface area is 483 Å². The molecule has 6 heteroatoms.